The molecule has 0 radical (unpaired) electrons. The number of hydrogen-bond donors (Lipinski definition) is 1. The predicted molar refractivity (Wildman–Crippen MR) is 75.8 cm³/mol. The number of piperazine rings is 1. The Morgan fingerprint density at radius 2 is 2.26 bits per heavy atom. The third-order valence-electron chi connectivity index (χ3n) is 3.07. The van der Waals surface area contributed by atoms with E-state index in [1.807, 2.05) is 13.0 Å². The van der Waals surface area contributed by atoms with Gasteiger partial charge in [0.25, 0.3) is 0 Å². The maximum absolute atomic E-state index is 12.2. The summed E-state index contributed by atoms with van der Waals surface area (Å²) in [5, 5.41) is 3.28. The van der Waals surface area contributed by atoms with Gasteiger partial charge in [0.2, 0.25) is 0 Å². The molecule has 0 aromatic carbocycles. The highest BCUT2D eigenvalue weighted by molar-refractivity contribution is 9.10. The SMILES string of the molecule is CCOC(=O)C(c1cncc(Br)c1)N1CCNCC1. The Labute approximate surface area is 121 Å². The van der Waals surface area contributed by atoms with Crippen molar-refractivity contribution in [1.29, 1.82) is 0 Å². The van der Waals surface area contributed by atoms with E-state index in [9.17, 15) is 4.79 Å². The Bertz CT molecular complexity index is 436. The first-order valence-corrected chi connectivity index (χ1v) is 7.23. The number of carbonyl (C=O) groups is 1. The van der Waals surface area contributed by atoms with Crippen LogP contribution in [-0.4, -0.2) is 48.6 Å². The van der Waals surface area contributed by atoms with Crippen LogP contribution in [0.4, 0.5) is 0 Å². The first kappa shape index (κ1) is 14.4. The van der Waals surface area contributed by atoms with Gasteiger partial charge in [-0.05, 0) is 34.5 Å². The van der Waals surface area contributed by atoms with Gasteiger partial charge in [0.15, 0.2) is 0 Å². The van der Waals surface area contributed by atoms with Crippen molar-refractivity contribution in [3.05, 3.63) is 28.5 Å². The van der Waals surface area contributed by atoms with Crippen LogP contribution in [-0.2, 0) is 9.53 Å². The molecule has 2 rings (SSSR count). The van der Waals surface area contributed by atoms with Crippen LogP contribution in [0.5, 0.6) is 0 Å². The quantitative estimate of drug-likeness (QED) is 0.846. The number of carbonyl (C=O) groups excluding carboxylic acids is 1. The third kappa shape index (κ3) is 3.75. The molecule has 1 aliphatic rings. The van der Waals surface area contributed by atoms with E-state index < -0.39 is 0 Å². The number of rotatable bonds is 4. The van der Waals surface area contributed by atoms with Gasteiger partial charge in [-0.3, -0.25) is 9.88 Å². The summed E-state index contributed by atoms with van der Waals surface area (Å²) in [5.74, 6) is -0.204. The van der Waals surface area contributed by atoms with Crippen LogP contribution < -0.4 is 5.32 Å². The minimum Gasteiger partial charge on any atom is -0.465 e. The first-order chi connectivity index (χ1) is 9.22. The predicted octanol–water partition coefficient (Wildman–Crippen LogP) is 1.35. The van der Waals surface area contributed by atoms with Crippen molar-refractivity contribution in [1.82, 2.24) is 15.2 Å². The third-order valence-corrected chi connectivity index (χ3v) is 3.50. The second-order valence-corrected chi connectivity index (χ2v) is 5.29. The highest BCUT2D eigenvalue weighted by Crippen LogP contribution is 2.24. The molecule has 2 heterocycles. The van der Waals surface area contributed by atoms with E-state index in [1.54, 1.807) is 12.4 Å². The van der Waals surface area contributed by atoms with Crippen LogP contribution >= 0.6 is 15.9 Å². The first-order valence-electron chi connectivity index (χ1n) is 6.44. The van der Waals surface area contributed by atoms with Crippen molar-refractivity contribution in [2.24, 2.45) is 0 Å². The molecule has 1 atom stereocenters. The van der Waals surface area contributed by atoms with E-state index in [0.29, 0.717) is 6.61 Å². The Balaban J connectivity index is 2.24. The monoisotopic (exact) mass is 327 g/mol. The van der Waals surface area contributed by atoms with Gasteiger partial charge in [-0.25, -0.2) is 4.79 Å². The van der Waals surface area contributed by atoms with Gasteiger partial charge in [0, 0.05) is 43.0 Å². The molecule has 104 valence electrons. The Morgan fingerprint density at radius 3 is 2.89 bits per heavy atom. The summed E-state index contributed by atoms with van der Waals surface area (Å²) < 4.78 is 6.08. The molecule has 0 saturated carbocycles. The molecule has 0 spiro atoms. The van der Waals surface area contributed by atoms with E-state index in [4.69, 9.17) is 4.74 Å². The average Bonchev–Trinajstić information content (AvgIpc) is 2.40. The van der Waals surface area contributed by atoms with E-state index >= 15 is 0 Å². The van der Waals surface area contributed by atoms with Crippen LogP contribution in [0.15, 0.2) is 22.9 Å². The summed E-state index contributed by atoms with van der Waals surface area (Å²) in [6, 6.07) is 1.56. The van der Waals surface area contributed by atoms with Gasteiger partial charge in [-0.2, -0.15) is 0 Å². The fourth-order valence-corrected chi connectivity index (χ4v) is 2.62. The standard InChI is InChI=1S/C13H18BrN3O2/c1-2-19-13(18)12(17-5-3-15-4-6-17)10-7-11(14)9-16-8-10/h7-9,12,15H,2-6H2,1H3. The Kier molecular flexibility index (Phi) is 5.30. The maximum atomic E-state index is 12.2. The minimum absolute atomic E-state index is 0.204. The summed E-state index contributed by atoms with van der Waals surface area (Å²) in [6.07, 6.45) is 3.44. The Hall–Kier alpha value is -0.980. The molecule has 0 aliphatic carbocycles. The lowest BCUT2D eigenvalue weighted by molar-refractivity contribution is -0.150. The zero-order valence-electron chi connectivity index (χ0n) is 10.9. The van der Waals surface area contributed by atoms with Gasteiger partial charge in [-0.1, -0.05) is 0 Å². The highest BCUT2D eigenvalue weighted by atomic mass is 79.9. The van der Waals surface area contributed by atoms with Crippen LogP contribution in [0.25, 0.3) is 0 Å². The second-order valence-electron chi connectivity index (χ2n) is 4.38. The number of pyridine rings is 1. The van der Waals surface area contributed by atoms with E-state index in [2.05, 4.69) is 31.1 Å². The number of hydrogen-bond acceptors (Lipinski definition) is 5. The van der Waals surface area contributed by atoms with Gasteiger partial charge in [0.05, 0.1) is 6.61 Å². The topological polar surface area (TPSA) is 54.5 Å². The van der Waals surface area contributed by atoms with Crippen molar-refractivity contribution in [3.8, 4) is 0 Å². The largest absolute Gasteiger partial charge is 0.465 e. The zero-order valence-corrected chi connectivity index (χ0v) is 12.5. The lowest BCUT2D eigenvalue weighted by atomic mass is 10.1. The van der Waals surface area contributed by atoms with Gasteiger partial charge in [-0.15, -0.1) is 0 Å². The fourth-order valence-electron chi connectivity index (χ4n) is 2.24. The van der Waals surface area contributed by atoms with Crippen molar-refractivity contribution < 1.29 is 9.53 Å². The van der Waals surface area contributed by atoms with Crippen molar-refractivity contribution in [3.63, 3.8) is 0 Å². The summed E-state index contributed by atoms with van der Waals surface area (Å²) >= 11 is 3.40. The van der Waals surface area contributed by atoms with Crippen LogP contribution in [0.2, 0.25) is 0 Å². The molecule has 1 aliphatic heterocycles. The van der Waals surface area contributed by atoms with Gasteiger partial charge >= 0.3 is 5.97 Å². The fraction of sp³-hybridized carbons (Fsp3) is 0.538. The molecule has 1 saturated heterocycles. The molecular formula is C13H18BrN3O2. The number of nitrogens with zero attached hydrogens (tertiary/aromatic N) is 2. The lowest BCUT2D eigenvalue weighted by Gasteiger charge is -2.33. The second kappa shape index (κ2) is 6.98. The van der Waals surface area contributed by atoms with Crippen LogP contribution in [0, 0.1) is 0 Å². The molecule has 5 nitrogen and oxygen atoms in total. The van der Waals surface area contributed by atoms with Crippen molar-refractivity contribution in [2.75, 3.05) is 32.8 Å². The maximum Gasteiger partial charge on any atom is 0.328 e. The van der Waals surface area contributed by atoms with Gasteiger partial charge in [0.1, 0.15) is 6.04 Å². The van der Waals surface area contributed by atoms with Crippen LogP contribution in [0.1, 0.15) is 18.5 Å². The Morgan fingerprint density at radius 1 is 1.53 bits per heavy atom. The number of halogens is 1. The van der Waals surface area contributed by atoms with Crippen LogP contribution in [0.3, 0.4) is 0 Å². The minimum atomic E-state index is -0.368. The summed E-state index contributed by atoms with van der Waals surface area (Å²) in [6.45, 7) is 5.65. The molecule has 1 unspecified atom stereocenters. The van der Waals surface area contributed by atoms with E-state index in [1.165, 1.54) is 0 Å². The lowest BCUT2D eigenvalue weighted by Crippen LogP contribution is -2.47. The smallest absolute Gasteiger partial charge is 0.328 e. The molecule has 19 heavy (non-hydrogen) atoms. The molecule has 1 N–H and O–H groups in total. The average molecular weight is 328 g/mol. The number of aromatic nitrogens is 1. The normalized spacial score (nSPS) is 18.0. The number of ether oxygens (including phenoxy) is 1. The molecule has 0 amide bonds. The van der Waals surface area contributed by atoms with Gasteiger partial charge < -0.3 is 10.1 Å². The number of nitrogens with one attached hydrogen (secondary N) is 1. The van der Waals surface area contributed by atoms with E-state index in [0.717, 1.165) is 36.2 Å². The van der Waals surface area contributed by atoms with Crippen molar-refractivity contribution >= 4 is 21.9 Å². The molecule has 6 heteroatoms. The summed E-state index contributed by atoms with van der Waals surface area (Å²) in [7, 11) is 0. The van der Waals surface area contributed by atoms with Crippen molar-refractivity contribution in [2.45, 2.75) is 13.0 Å². The summed E-state index contributed by atoms with van der Waals surface area (Å²) in [4.78, 5) is 18.5. The highest BCUT2D eigenvalue weighted by Gasteiger charge is 2.30. The van der Waals surface area contributed by atoms with E-state index in [-0.39, 0.29) is 12.0 Å². The molecule has 1 fully saturated rings. The molecule has 1 aromatic rings. The molecular weight excluding hydrogens is 310 g/mol. The zero-order chi connectivity index (χ0) is 13.7. The molecule has 0 bridgehead atoms. The number of esters is 1. The molecule has 1 aromatic heterocycles. The summed E-state index contributed by atoms with van der Waals surface area (Å²) in [5.41, 5.74) is 0.870.